The van der Waals surface area contributed by atoms with Crippen molar-refractivity contribution < 1.29 is 200 Å². The van der Waals surface area contributed by atoms with Gasteiger partial charge in [0.25, 0.3) is 0 Å². The molecule has 16 N–H and O–H groups in total. The van der Waals surface area contributed by atoms with E-state index in [9.17, 15) is 0 Å². The molecule has 0 heterocycles. The second kappa shape index (κ2) is 49.5. The second-order valence-electron chi connectivity index (χ2n) is 0.816. The van der Waals surface area contributed by atoms with Gasteiger partial charge < -0.3 is 62.0 Å². The van der Waals surface area contributed by atoms with Gasteiger partial charge in [-0.15, -0.1) is 0 Å². The van der Waals surface area contributed by atoms with E-state index >= 15 is 0 Å². The molecule has 0 spiro atoms. The van der Waals surface area contributed by atoms with Crippen LogP contribution in [0.3, 0.4) is 0 Å². The SMILES string of the molecule is O.O.O.O.O.O.O.O.O=S(=O)([O-])[O-].O=S(=O)([O-])[O-].[Sm+3].[Sm+3].[Sm+3]. The summed E-state index contributed by atoms with van der Waals surface area (Å²) in [6, 6.07) is 0. The fourth-order valence-electron chi connectivity index (χ4n) is 0. The number of rotatable bonds is 0. The Kier molecular flexibility index (Phi) is 242. The minimum atomic E-state index is -5.17. The summed E-state index contributed by atoms with van der Waals surface area (Å²) in [5.74, 6) is 0. The van der Waals surface area contributed by atoms with Gasteiger partial charge in [0.15, 0.2) is 0 Å². The summed E-state index contributed by atoms with van der Waals surface area (Å²) in [4.78, 5) is 0. The third kappa shape index (κ3) is 913. The molecule has 0 amide bonds. The van der Waals surface area contributed by atoms with Crippen molar-refractivity contribution in [1.82, 2.24) is 0 Å². The van der Waals surface area contributed by atoms with Crippen LogP contribution in [-0.2, 0) is 20.8 Å². The standard InChI is InChI=1S/2H2O4S.8H2O.3Sm/c2*1-5(2,3)4;;;;;;;;;;;/h2*(H2,1,2,3,4);8*1H2;;;/q;;;;;;;;;;3*+3/p-4. The van der Waals surface area contributed by atoms with Gasteiger partial charge in [-0.25, -0.2) is 0 Å². The van der Waals surface area contributed by atoms with E-state index in [2.05, 4.69) is 0 Å². The zero-order valence-electron chi connectivity index (χ0n) is 9.31. The van der Waals surface area contributed by atoms with Gasteiger partial charge in [0, 0.05) is 20.8 Å². The van der Waals surface area contributed by atoms with Crippen molar-refractivity contribution in [2.45, 2.75) is 0 Å². The van der Waals surface area contributed by atoms with E-state index in [0.717, 1.165) is 0 Å². The van der Waals surface area contributed by atoms with Crippen molar-refractivity contribution in [2.24, 2.45) is 0 Å². The zero-order valence-corrected chi connectivity index (χ0v) is 18.8. The maximum absolute atomic E-state index is 8.52. The quantitative estimate of drug-likeness (QED) is 0.167. The van der Waals surface area contributed by atoms with E-state index in [-0.39, 0.29) is 165 Å². The molecule has 0 fully saturated rings. The van der Waals surface area contributed by atoms with Crippen molar-refractivity contribution in [3.8, 4) is 0 Å². The van der Waals surface area contributed by atoms with E-state index in [1.165, 1.54) is 0 Å². The summed E-state index contributed by atoms with van der Waals surface area (Å²) in [6.07, 6.45) is 0. The first-order valence-corrected chi connectivity index (χ1v) is 4.00. The van der Waals surface area contributed by atoms with E-state index < -0.39 is 20.8 Å². The van der Waals surface area contributed by atoms with Crippen LogP contribution >= 0.6 is 0 Å². The Labute approximate surface area is 216 Å². The Morgan fingerprint density at radius 3 is 0.381 bits per heavy atom. The first-order valence-electron chi connectivity index (χ1n) is 1.33. The van der Waals surface area contributed by atoms with Crippen LogP contribution in [0.4, 0.5) is 0 Å². The maximum atomic E-state index is 8.52. The predicted octanol–water partition coefficient (Wildman–Crippen LogP) is -9.27. The van der Waals surface area contributed by atoms with Crippen LogP contribution < -0.4 is 0 Å². The van der Waals surface area contributed by atoms with Crippen molar-refractivity contribution in [1.29, 1.82) is 0 Å². The van der Waals surface area contributed by atoms with Crippen molar-refractivity contribution >= 4 is 20.8 Å². The molecular formula is H16O16S2Sm3+5. The van der Waals surface area contributed by atoms with Gasteiger partial charge in [-0.3, -0.25) is 16.8 Å². The summed E-state index contributed by atoms with van der Waals surface area (Å²) in [6.45, 7) is 0. The second-order valence-corrected chi connectivity index (χ2v) is 2.45. The summed E-state index contributed by atoms with van der Waals surface area (Å²) >= 11 is 0. The molecule has 21 heteroatoms. The van der Waals surface area contributed by atoms with Crippen LogP contribution in [0.1, 0.15) is 0 Å². The molecule has 0 aliphatic rings. The molecule has 0 rings (SSSR count). The van der Waals surface area contributed by atoms with Gasteiger partial charge in [0.2, 0.25) is 0 Å². The molecule has 137 valence electrons. The molecule has 0 unspecified atom stereocenters. The van der Waals surface area contributed by atoms with Crippen LogP contribution in [0.15, 0.2) is 0 Å². The van der Waals surface area contributed by atoms with Gasteiger partial charge in [-0.2, -0.15) is 0 Å². The normalized spacial score (nSPS) is 5.52. The summed E-state index contributed by atoms with van der Waals surface area (Å²) in [5.41, 5.74) is 0. The predicted molar refractivity (Wildman–Crippen MR) is 49.9 cm³/mol. The first kappa shape index (κ1) is 103. The molecule has 0 bridgehead atoms. The molecule has 0 saturated carbocycles. The Morgan fingerprint density at radius 2 is 0.381 bits per heavy atom. The van der Waals surface area contributed by atoms with Gasteiger partial charge in [-0.05, 0) is 0 Å². The van der Waals surface area contributed by atoms with Gasteiger partial charge >= 0.3 is 121 Å². The third-order valence-corrected chi connectivity index (χ3v) is 0. The first-order chi connectivity index (χ1) is 4.00. The largest absolute Gasteiger partial charge is 3.00 e. The average Bonchev–Trinajstić information content (AvgIpc) is 1.12. The molecule has 0 aromatic heterocycles. The minimum absolute atomic E-state index is 0. The molecule has 3 radical (unpaired) electrons. The van der Waals surface area contributed by atoms with Crippen molar-refractivity contribution in [2.75, 3.05) is 0 Å². The van der Waals surface area contributed by atoms with E-state index in [1.54, 1.807) is 0 Å². The third-order valence-electron chi connectivity index (χ3n) is 0. The summed E-state index contributed by atoms with van der Waals surface area (Å²) in [5, 5.41) is 0. The fraction of sp³-hybridized carbons (Fsp3) is 0. The molecule has 21 heavy (non-hydrogen) atoms. The Bertz CT molecular complexity index is 218. The van der Waals surface area contributed by atoms with Crippen LogP contribution in [0, 0.1) is 121 Å². The van der Waals surface area contributed by atoms with Crippen LogP contribution in [0.5, 0.6) is 0 Å². The minimum Gasteiger partial charge on any atom is -0.759 e. The van der Waals surface area contributed by atoms with Crippen LogP contribution in [0.25, 0.3) is 0 Å². The van der Waals surface area contributed by atoms with E-state index in [0.29, 0.717) is 0 Å². The van der Waals surface area contributed by atoms with E-state index in [4.69, 9.17) is 35.0 Å². The van der Waals surface area contributed by atoms with Gasteiger partial charge in [0.05, 0.1) is 0 Å². The molecule has 0 aliphatic heterocycles. The summed E-state index contributed by atoms with van der Waals surface area (Å²) in [7, 11) is -10.3. The molecule has 0 aromatic rings. The smallest absolute Gasteiger partial charge is 0.759 e. The topological polar surface area (TPSA) is 413 Å². The maximum Gasteiger partial charge on any atom is 3.00 e. The molecule has 0 atom stereocenters. The van der Waals surface area contributed by atoms with Crippen LogP contribution in [0.2, 0.25) is 0 Å². The Balaban J connectivity index is -0.00000000364. The molecule has 0 saturated heterocycles. The van der Waals surface area contributed by atoms with Gasteiger partial charge in [-0.1, -0.05) is 0 Å². The summed E-state index contributed by atoms with van der Waals surface area (Å²) < 4.78 is 68.2. The monoisotopic (exact) mass is 792 g/mol. The van der Waals surface area contributed by atoms with Crippen LogP contribution in [-0.4, -0.2) is 78.9 Å². The van der Waals surface area contributed by atoms with Crippen molar-refractivity contribution in [3.63, 3.8) is 0 Å². The molecular weight excluding hydrogens is 771 g/mol. The van der Waals surface area contributed by atoms with Gasteiger partial charge in [0.1, 0.15) is 0 Å². The number of hydrogen-bond donors (Lipinski definition) is 0. The number of hydrogen-bond acceptors (Lipinski definition) is 8. The van der Waals surface area contributed by atoms with Crippen molar-refractivity contribution in [3.05, 3.63) is 0 Å². The molecule has 0 aliphatic carbocycles. The average molecular weight is 787 g/mol. The molecule has 16 nitrogen and oxygen atoms in total. The van der Waals surface area contributed by atoms with E-state index in [1.807, 2.05) is 0 Å². The Hall–Kier alpha value is 3.43. The molecule has 0 aromatic carbocycles. The Morgan fingerprint density at radius 1 is 0.381 bits per heavy atom. The zero-order chi connectivity index (χ0) is 9.00. The fourth-order valence-corrected chi connectivity index (χ4v) is 0.